The van der Waals surface area contributed by atoms with E-state index in [1.165, 1.54) is 5.56 Å². The van der Waals surface area contributed by atoms with Gasteiger partial charge in [0.25, 0.3) is 0 Å². The Hall–Kier alpha value is -0.450. The molecule has 0 amide bonds. The molecule has 0 aliphatic carbocycles. The van der Waals surface area contributed by atoms with E-state index in [4.69, 9.17) is 4.74 Å². The highest BCUT2D eigenvalue weighted by Gasteiger charge is 2.18. The molecule has 1 fully saturated rings. The van der Waals surface area contributed by atoms with Gasteiger partial charge in [0.2, 0.25) is 0 Å². The normalized spacial score (nSPS) is 20.1. The van der Waals surface area contributed by atoms with Crippen molar-refractivity contribution in [3.63, 3.8) is 0 Å². The molecule has 0 saturated carbocycles. The van der Waals surface area contributed by atoms with Gasteiger partial charge in [0.05, 0.1) is 13.2 Å². The Balaban J connectivity index is 2.05. The van der Waals surface area contributed by atoms with Crippen molar-refractivity contribution in [1.29, 1.82) is 0 Å². The molecule has 1 aromatic heterocycles. The average Bonchev–Trinajstić information content (AvgIpc) is 2.30. The Morgan fingerprint density at radius 2 is 2.13 bits per heavy atom. The van der Waals surface area contributed by atoms with Gasteiger partial charge in [-0.15, -0.1) is 0 Å². The molecule has 0 radical (unpaired) electrons. The van der Waals surface area contributed by atoms with E-state index in [-0.39, 0.29) is 0 Å². The third kappa shape index (κ3) is 2.77. The summed E-state index contributed by atoms with van der Waals surface area (Å²) in [7, 11) is 0. The highest BCUT2D eigenvalue weighted by Crippen LogP contribution is 2.21. The summed E-state index contributed by atoms with van der Waals surface area (Å²) in [6.07, 6.45) is 1.93. The molecule has 2 heterocycles. The molecular formula is C11H15BrN2O. The number of nitrogens with zero attached hydrogens (tertiary/aromatic N) is 2. The van der Waals surface area contributed by atoms with Crippen molar-refractivity contribution >= 4 is 15.9 Å². The average molecular weight is 271 g/mol. The van der Waals surface area contributed by atoms with E-state index in [1.807, 2.05) is 12.3 Å². The van der Waals surface area contributed by atoms with Crippen LogP contribution in [0.4, 0.5) is 0 Å². The molecule has 1 unspecified atom stereocenters. The van der Waals surface area contributed by atoms with Crippen molar-refractivity contribution in [1.82, 2.24) is 9.88 Å². The quantitative estimate of drug-likeness (QED) is 0.771. The molecule has 82 valence electrons. The predicted octanol–water partition coefficient (Wildman–Crippen LogP) is 2.24. The van der Waals surface area contributed by atoms with Crippen LogP contribution in [0.1, 0.15) is 18.5 Å². The van der Waals surface area contributed by atoms with Gasteiger partial charge in [-0.1, -0.05) is 6.07 Å². The molecule has 0 spiro atoms. The summed E-state index contributed by atoms with van der Waals surface area (Å²) >= 11 is 3.35. The number of halogens is 1. The zero-order valence-corrected chi connectivity index (χ0v) is 10.4. The van der Waals surface area contributed by atoms with Crippen LogP contribution in [0, 0.1) is 0 Å². The number of hydrogen-bond acceptors (Lipinski definition) is 3. The van der Waals surface area contributed by atoms with Crippen LogP contribution in [0.2, 0.25) is 0 Å². The van der Waals surface area contributed by atoms with Gasteiger partial charge >= 0.3 is 0 Å². The lowest BCUT2D eigenvalue weighted by Crippen LogP contribution is -2.38. The van der Waals surface area contributed by atoms with Crippen molar-refractivity contribution in [3.05, 3.63) is 28.5 Å². The van der Waals surface area contributed by atoms with Gasteiger partial charge in [-0.3, -0.25) is 4.90 Å². The van der Waals surface area contributed by atoms with E-state index >= 15 is 0 Å². The molecule has 0 bridgehead atoms. The van der Waals surface area contributed by atoms with Gasteiger partial charge in [0.1, 0.15) is 4.60 Å². The van der Waals surface area contributed by atoms with Crippen molar-refractivity contribution < 1.29 is 4.74 Å². The highest BCUT2D eigenvalue weighted by atomic mass is 79.9. The first-order chi connectivity index (χ1) is 7.27. The van der Waals surface area contributed by atoms with Crippen LogP contribution >= 0.6 is 15.9 Å². The van der Waals surface area contributed by atoms with Gasteiger partial charge in [-0.2, -0.15) is 0 Å². The molecule has 1 saturated heterocycles. The van der Waals surface area contributed by atoms with Gasteiger partial charge in [0, 0.05) is 25.3 Å². The van der Waals surface area contributed by atoms with E-state index in [1.54, 1.807) is 0 Å². The highest BCUT2D eigenvalue weighted by molar-refractivity contribution is 9.10. The van der Waals surface area contributed by atoms with Crippen molar-refractivity contribution in [2.24, 2.45) is 0 Å². The van der Waals surface area contributed by atoms with Crippen LogP contribution in [0.15, 0.2) is 22.9 Å². The lowest BCUT2D eigenvalue weighted by molar-refractivity contribution is 0.0198. The maximum atomic E-state index is 5.34. The molecule has 0 N–H and O–H groups in total. The predicted molar refractivity (Wildman–Crippen MR) is 62.7 cm³/mol. The number of pyridine rings is 1. The third-order valence-corrected chi connectivity index (χ3v) is 3.30. The first-order valence-electron chi connectivity index (χ1n) is 5.20. The van der Waals surface area contributed by atoms with Crippen LogP contribution in [0.3, 0.4) is 0 Å². The first-order valence-corrected chi connectivity index (χ1v) is 6.00. The summed E-state index contributed by atoms with van der Waals surface area (Å²) in [6.45, 7) is 5.92. The maximum absolute atomic E-state index is 5.34. The summed E-state index contributed by atoms with van der Waals surface area (Å²) < 4.78 is 6.23. The summed E-state index contributed by atoms with van der Waals surface area (Å²) in [5.74, 6) is 0. The standard InChI is InChI=1S/C11H15BrN2O/c1-9(14-4-6-15-7-5-14)10-2-3-11(12)13-8-10/h2-3,8-9H,4-7H2,1H3. The Labute approximate surface area is 98.6 Å². The molecule has 3 nitrogen and oxygen atoms in total. The second kappa shape index (κ2) is 5.05. The number of rotatable bonds is 2. The number of aromatic nitrogens is 1. The van der Waals surface area contributed by atoms with Crippen molar-refractivity contribution in [2.45, 2.75) is 13.0 Å². The Kier molecular flexibility index (Phi) is 3.72. The molecule has 0 aromatic carbocycles. The lowest BCUT2D eigenvalue weighted by Gasteiger charge is -2.32. The van der Waals surface area contributed by atoms with Crippen LogP contribution in [-0.4, -0.2) is 36.2 Å². The Morgan fingerprint density at radius 1 is 1.40 bits per heavy atom. The van der Waals surface area contributed by atoms with E-state index in [0.717, 1.165) is 30.9 Å². The number of morpholine rings is 1. The summed E-state index contributed by atoms with van der Waals surface area (Å²) in [6, 6.07) is 4.54. The Morgan fingerprint density at radius 3 is 2.73 bits per heavy atom. The lowest BCUT2D eigenvalue weighted by atomic mass is 10.1. The fraction of sp³-hybridized carbons (Fsp3) is 0.545. The summed E-state index contributed by atoms with van der Waals surface area (Å²) in [4.78, 5) is 6.68. The first kappa shape index (κ1) is 11.0. The van der Waals surface area contributed by atoms with Gasteiger partial charge < -0.3 is 4.74 Å². The van der Waals surface area contributed by atoms with Crippen molar-refractivity contribution in [2.75, 3.05) is 26.3 Å². The summed E-state index contributed by atoms with van der Waals surface area (Å²) in [5, 5.41) is 0. The second-order valence-corrected chi connectivity index (χ2v) is 4.55. The molecular weight excluding hydrogens is 256 g/mol. The zero-order chi connectivity index (χ0) is 10.7. The van der Waals surface area contributed by atoms with E-state index < -0.39 is 0 Å². The molecule has 4 heteroatoms. The fourth-order valence-electron chi connectivity index (χ4n) is 1.81. The topological polar surface area (TPSA) is 25.4 Å². The minimum Gasteiger partial charge on any atom is -0.379 e. The monoisotopic (exact) mass is 270 g/mol. The zero-order valence-electron chi connectivity index (χ0n) is 8.82. The SMILES string of the molecule is CC(c1ccc(Br)nc1)N1CCOCC1. The fourth-order valence-corrected chi connectivity index (χ4v) is 2.04. The molecule has 1 atom stereocenters. The largest absolute Gasteiger partial charge is 0.379 e. The Bertz CT molecular complexity index is 309. The van der Waals surface area contributed by atoms with Crippen LogP contribution in [0.5, 0.6) is 0 Å². The minimum atomic E-state index is 0.425. The molecule has 1 aliphatic heterocycles. The van der Waals surface area contributed by atoms with E-state index in [2.05, 4.69) is 38.8 Å². The van der Waals surface area contributed by atoms with Gasteiger partial charge in [-0.25, -0.2) is 4.98 Å². The minimum absolute atomic E-state index is 0.425. The number of ether oxygens (including phenoxy) is 1. The molecule has 1 aromatic rings. The van der Waals surface area contributed by atoms with E-state index in [9.17, 15) is 0 Å². The van der Waals surface area contributed by atoms with Crippen LogP contribution in [-0.2, 0) is 4.74 Å². The molecule has 2 rings (SSSR count). The van der Waals surface area contributed by atoms with E-state index in [0.29, 0.717) is 6.04 Å². The third-order valence-electron chi connectivity index (χ3n) is 2.83. The summed E-state index contributed by atoms with van der Waals surface area (Å²) in [5.41, 5.74) is 1.26. The molecule has 15 heavy (non-hydrogen) atoms. The van der Waals surface area contributed by atoms with Crippen LogP contribution in [0.25, 0.3) is 0 Å². The number of hydrogen-bond donors (Lipinski definition) is 0. The van der Waals surface area contributed by atoms with Gasteiger partial charge in [-0.05, 0) is 34.5 Å². The van der Waals surface area contributed by atoms with Gasteiger partial charge in [0.15, 0.2) is 0 Å². The van der Waals surface area contributed by atoms with Crippen molar-refractivity contribution in [3.8, 4) is 0 Å². The smallest absolute Gasteiger partial charge is 0.106 e. The molecule has 1 aliphatic rings. The van der Waals surface area contributed by atoms with Crippen LogP contribution < -0.4 is 0 Å². The second-order valence-electron chi connectivity index (χ2n) is 3.74. The maximum Gasteiger partial charge on any atom is 0.106 e.